The normalized spacial score (nSPS) is 17.2. The number of phenols is 1. The molecular weight excluding hydrogens is 306 g/mol. The van der Waals surface area contributed by atoms with E-state index in [1.165, 1.54) is 6.07 Å². The Kier molecular flexibility index (Phi) is 3.63. The Morgan fingerprint density at radius 1 is 1.29 bits per heavy atom. The Labute approximate surface area is 109 Å². The van der Waals surface area contributed by atoms with Gasteiger partial charge in [-0.3, -0.25) is 4.72 Å². The fourth-order valence-electron chi connectivity index (χ4n) is 2.03. The summed E-state index contributed by atoms with van der Waals surface area (Å²) in [6.45, 7) is 0. The number of hydrogen-bond acceptors (Lipinski definition) is 3. The van der Waals surface area contributed by atoms with E-state index in [-0.39, 0.29) is 16.7 Å². The zero-order valence-corrected chi connectivity index (χ0v) is 11.6. The van der Waals surface area contributed by atoms with Crippen LogP contribution in [0.15, 0.2) is 22.7 Å². The molecule has 1 aliphatic rings. The number of sulfonamides is 1. The van der Waals surface area contributed by atoms with Gasteiger partial charge in [0.15, 0.2) is 0 Å². The van der Waals surface area contributed by atoms with Gasteiger partial charge in [-0.2, -0.15) is 0 Å². The lowest BCUT2D eigenvalue weighted by Gasteiger charge is -2.14. The highest BCUT2D eigenvalue weighted by Gasteiger charge is 2.29. The minimum Gasteiger partial charge on any atom is -0.506 e. The molecular formula is C11H14BrNO3S. The standard InChI is InChI=1S/C11H14BrNO3S/c12-8-5-6-11(14)10(7-8)13-17(15,16)9-3-1-2-4-9/h5-7,9,13-14H,1-4H2. The highest BCUT2D eigenvalue weighted by atomic mass is 79.9. The van der Waals surface area contributed by atoms with Crippen molar-refractivity contribution in [2.45, 2.75) is 30.9 Å². The van der Waals surface area contributed by atoms with Gasteiger partial charge in [-0.1, -0.05) is 28.8 Å². The third kappa shape index (κ3) is 2.93. The Hall–Kier alpha value is -0.750. The molecule has 0 aromatic heterocycles. The first-order chi connectivity index (χ1) is 7.99. The average molecular weight is 320 g/mol. The van der Waals surface area contributed by atoms with Crippen molar-refractivity contribution in [2.75, 3.05) is 4.72 Å². The van der Waals surface area contributed by atoms with Gasteiger partial charge in [0.25, 0.3) is 0 Å². The van der Waals surface area contributed by atoms with Crippen LogP contribution in [-0.4, -0.2) is 18.8 Å². The molecule has 0 aliphatic heterocycles. The number of hydrogen-bond donors (Lipinski definition) is 2. The van der Waals surface area contributed by atoms with E-state index >= 15 is 0 Å². The molecule has 0 spiro atoms. The van der Waals surface area contributed by atoms with E-state index < -0.39 is 10.0 Å². The molecule has 1 fully saturated rings. The van der Waals surface area contributed by atoms with Crippen LogP contribution in [0.4, 0.5) is 5.69 Å². The number of phenolic OH excluding ortho intramolecular Hbond substituents is 1. The third-order valence-electron chi connectivity index (χ3n) is 2.95. The van der Waals surface area contributed by atoms with E-state index in [2.05, 4.69) is 20.7 Å². The minimum atomic E-state index is -3.38. The van der Waals surface area contributed by atoms with Gasteiger partial charge < -0.3 is 5.11 Å². The van der Waals surface area contributed by atoms with Gasteiger partial charge in [-0.25, -0.2) is 8.42 Å². The van der Waals surface area contributed by atoms with Crippen LogP contribution < -0.4 is 4.72 Å². The van der Waals surface area contributed by atoms with E-state index in [0.717, 1.165) is 17.3 Å². The Bertz CT molecular complexity index is 509. The van der Waals surface area contributed by atoms with Crippen LogP contribution in [0.5, 0.6) is 5.75 Å². The predicted octanol–water partition coefficient (Wildman–Crippen LogP) is 2.84. The van der Waals surface area contributed by atoms with Crippen molar-refractivity contribution in [1.82, 2.24) is 0 Å². The van der Waals surface area contributed by atoms with Gasteiger partial charge >= 0.3 is 0 Å². The van der Waals surface area contributed by atoms with Crippen LogP contribution in [0.25, 0.3) is 0 Å². The van der Waals surface area contributed by atoms with E-state index in [1.54, 1.807) is 12.1 Å². The third-order valence-corrected chi connectivity index (χ3v) is 5.30. The topological polar surface area (TPSA) is 66.4 Å². The van der Waals surface area contributed by atoms with Gasteiger partial charge in [-0.05, 0) is 31.0 Å². The summed E-state index contributed by atoms with van der Waals surface area (Å²) in [5.74, 6) is -0.0604. The molecule has 1 saturated carbocycles. The zero-order chi connectivity index (χ0) is 12.5. The molecule has 0 amide bonds. The largest absolute Gasteiger partial charge is 0.506 e. The van der Waals surface area contributed by atoms with Gasteiger partial charge in [0.2, 0.25) is 10.0 Å². The SMILES string of the molecule is O=S(=O)(Nc1cc(Br)ccc1O)C1CCCC1. The van der Waals surface area contributed by atoms with Crippen LogP contribution in [-0.2, 0) is 10.0 Å². The number of rotatable bonds is 3. The fourth-order valence-corrected chi connectivity index (χ4v) is 3.98. The average Bonchev–Trinajstić information content (AvgIpc) is 2.77. The highest BCUT2D eigenvalue weighted by molar-refractivity contribution is 9.10. The summed E-state index contributed by atoms with van der Waals surface area (Å²) in [5.41, 5.74) is 0.228. The maximum atomic E-state index is 12.0. The summed E-state index contributed by atoms with van der Waals surface area (Å²) in [6.07, 6.45) is 3.31. The molecule has 0 atom stereocenters. The van der Waals surface area contributed by atoms with Crippen LogP contribution in [0.3, 0.4) is 0 Å². The summed E-state index contributed by atoms with van der Waals surface area (Å²) in [6, 6.07) is 4.67. The molecule has 94 valence electrons. The highest BCUT2D eigenvalue weighted by Crippen LogP contribution is 2.31. The molecule has 17 heavy (non-hydrogen) atoms. The summed E-state index contributed by atoms with van der Waals surface area (Å²) in [4.78, 5) is 0. The van der Waals surface area contributed by atoms with Crippen LogP contribution >= 0.6 is 15.9 Å². The Morgan fingerprint density at radius 3 is 2.59 bits per heavy atom. The van der Waals surface area contributed by atoms with Crippen LogP contribution in [0.1, 0.15) is 25.7 Å². The molecule has 1 aromatic rings. The van der Waals surface area contributed by atoms with Gasteiger partial charge in [0.1, 0.15) is 5.75 Å². The number of nitrogens with one attached hydrogen (secondary N) is 1. The first-order valence-corrected chi connectivity index (χ1v) is 7.83. The zero-order valence-electron chi connectivity index (χ0n) is 9.19. The monoisotopic (exact) mass is 319 g/mol. The first kappa shape index (κ1) is 12.7. The van der Waals surface area contributed by atoms with Crippen molar-refractivity contribution in [3.05, 3.63) is 22.7 Å². The first-order valence-electron chi connectivity index (χ1n) is 5.49. The second kappa shape index (κ2) is 4.86. The lowest BCUT2D eigenvalue weighted by atomic mass is 10.3. The molecule has 2 rings (SSSR count). The molecule has 4 nitrogen and oxygen atoms in total. The second-order valence-corrected chi connectivity index (χ2v) is 7.09. The summed E-state index contributed by atoms with van der Waals surface area (Å²) < 4.78 is 27.2. The van der Waals surface area contributed by atoms with E-state index in [0.29, 0.717) is 12.8 Å². The molecule has 0 radical (unpaired) electrons. The quantitative estimate of drug-likeness (QED) is 0.842. The van der Waals surface area contributed by atoms with Crippen molar-refractivity contribution in [3.63, 3.8) is 0 Å². The fraction of sp³-hybridized carbons (Fsp3) is 0.455. The molecule has 1 aromatic carbocycles. The molecule has 2 N–H and O–H groups in total. The second-order valence-electron chi connectivity index (χ2n) is 4.22. The maximum Gasteiger partial charge on any atom is 0.235 e. The summed E-state index contributed by atoms with van der Waals surface area (Å²) in [7, 11) is -3.38. The van der Waals surface area contributed by atoms with Crippen molar-refractivity contribution in [1.29, 1.82) is 0 Å². The molecule has 0 saturated heterocycles. The number of halogens is 1. The van der Waals surface area contributed by atoms with Gasteiger partial charge in [-0.15, -0.1) is 0 Å². The van der Waals surface area contributed by atoms with Crippen molar-refractivity contribution in [3.8, 4) is 5.75 Å². The summed E-state index contributed by atoms with van der Waals surface area (Å²) >= 11 is 3.24. The van der Waals surface area contributed by atoms with Crippen molar-refractivity contribution in [2.24, 2.45) is 0 Å². The number of aromatic hydroxyl groups is 1. The molecule has 0 unspecified atom stereocenters. The van der Waals surface area contributed by atoms with Crippen LogP contribution in [0, 0.1) is 0 Å². The number of benzene rings is 1. The Morgan fingerprint density at radius 2 is 1.94 bits per heavy atom. The van der Waals surface area contributed by atoms with Crippen LogP contribution in [0.2, 0.25) is 0 Å². The summed E-state index contributed by atoms with van der Waals surface area (Å²) in [5, 5.41) is 9.26. The van der Waals surface area contributed by atoms with E-state index in [1.807, 2.05) is 0 Å². The minimum absolute atomic E-state index is 0.0604. The predicted molar refractivity (Wildman–Crippen MR) is 70.6 cm³/mol. The molecule has 6 heteroatoms. The lowest BCUT2D eigenvalue weighted by molar-refractivity contribution is 0.477. The molecule has 0 heterocycles. The lowest BCUT2D eigenvalue weighted by Crippen LogP contribution is -2.25. The van der Waals surface area contributed by atoms with Crippen molar-refractivity contribution >= 4 is 31.6 Å². The van der Waals surface area contributed by atoms with Gasteiger partial charge in [0.05, 0.1) is 10.9 Å². The smallest absolute Gasteiger partial charge is 0.235 e. The van der Waals surface area contributed by atoms with Gasteiger partial charge in [0, 0.05) is 4.47 Å². The number of anilines is 1. The van der Waals surface area contributed by atoms with E-state index in [9.17, 15) is 13.5 Å². The maximum absolute atomic E-state index is 12.0. The van der Waals surface area contributed by atoms with E-state index in [4.69, 9.17) is 0 Å². The molecule has 1 aliphatic carbocycles. The van der Waals surface area contributed by atoms with Crippen molar-refractivity contribution < 1.29 is 13.5 Å². The Balaban J connectivity index is 2.22. The molecule has 0 bridgehead atoms.